The smallest absolute Gasteiger partial charge is 0.165 e. The van der Waals surface area contributed by atoms with Gasteiger partial charge in [0.2, 0.25) is 0 Å². The topological polar surface area (TPSA) is 52.9 Å². The minimum Gasteiger partial charge on any atom is -0.504 e. The Morgan fingerprint density at radius 1 is 1.38 bits per heavy atom. The van der Waals surface area contributed by atoms with Gasteiger partial charge >= 0.3 is 0 Å². The van der Waals surface area contributed by atoms with Crippen LogP contribution in [-0.4, -0.2) is 45.9 Å². The first-order valence-corrected chi connectivity index (χ1v) is 9.22. The van der Waals surface area contributed by atoms with Gasteiger partial charge in [0, 0.05) is 29.0 Å². The number of piperidine rings is 1. The number of ether oxygens (including phenoxy) is 1. The first-order valence-electron chi connectivity index (χ1n) is 9.22. The molecule has 1 aromatic rings. The Kier molecular flexibility index (Phi) is 2.94. The van der Waals surface area contributed by atoms with Crippen LogP contribution < -0.4 is 4.74 Å². The molecule has 0 saturated carbocycles. The molecule has 1 fully saturated rings. The number of aromatic hydroxyl groups is 1. The third-order valence-electron chi connectivity index (χ3n) is 7.07. The molecule has 128 valence electrons. The van der Waals surface area contributed by atoms with Crippen molar-refractivity contribution in [1.29, 1.82) is 0 Å². The molecule has 5 rings (SSSR count). The molecule has 0 unspecified atom stereocenters. The first-order chi connectivity index (χ1) is 11.6. The number of benzene rings is 1. The number of hydrogen-bond acceptors (Lipinski definition) is 4. The summed E-state index contributed by atoms with van der Waals surface area (Å²) in [6.45, 7) is 5.61. The van der Waals surface area contributed by atoms with Gasteiger partial charge in [0.05, 0.1) is 0 Å². The molecule has 0 radical (unpaired) electrons. The Hall–Kier alpha value is -1.52. The Morgan fingerprint density at radius 3 is 3.00 bits per heavy atom. The molecule has 2 N–H and O–H groups in total. The lowest BCUT2D eigenvalue weighted by Crippen LogP contribution is -2.66. The molecule has 0 amide bonds. The largest absolute Gasteiger partial charge is 0.504 e. The quantitative estimate of drug-likeness (QED) is 0.819. The second-order valence-corrected chi connectivity index (χ2v) is 7.94. The molecule has 1 saturated heterocycles. The van der Waals surface area contributed by atoms with Crippen molar-refractivity contribution in [1.82, 2.24) is 4.90 Å². The zero-order chi connectivity index (χ0) is 16.6. The number of aliphatic hydroxyl groups excluding tert-OH is 1. The van der Waals surface area contributed by atoms with E-state index in [0.29, 0.717) is 23.8 Å². The third-order valence-corrected chi connectivity index (χ3v) is 7.07. The standard InChI is InChI=1S/C20H25NO3/c1-3-11(2)21-9-8-20-13-5-7-16(23)19(20)24-18-15(22)6-4-12(17(18)20)10-14(13)21/h4-7,11,13-14,16,19,22-23H,3,8-10H2,1-2H3/t11-,13+,14-,16+,19+,20+/m1/s1. The van der Waals surface area contributed by atoms with Crippen molar-refractivity contribution in [2.75, 3.05) is 6.54 Å². The first kappa shape index (κ1) is 14.8. The maximum atomic E-state index is 10.6. The number of phenols is 1. The summed E-state index contributed by atoms with van der Waals surface area (Å²) in [7, 11) is 0. The van der Waals surface area contributed by atoms with Crippen molar-refractivity contribution >= 4 is 0 Å². The molecule has 2 aliphatic carbocycles. The lowest BCUT2D eigenvalue weighted by Gasteiger charge is -2.58. The van der Waals surface area contributed by atoms with Gasteiger partial charge in [-0.15, -0.1) is 0 Å². The van der Waals surface area contributed by atoms with Gasteiger partial charge in [-0.25, -0.2) is 0 Å². The highest BCUT2D eigenvalue weighted by atomic mass is 16.5. The minimum absolute atomic E-state index is 0.176. The fourth-order valence-corrected chi connectivity index (χ4v) is 5.87. The SMILES string of the molecule is CC[C@@H](C)N1CC[C@]23c4c5ccc(O)c4O[C@H]2[C@@H](O)C=C[C@H]3[C@H]1C5. The van der Waals surface area contributed by atoms with E-state index in [4.69, 9.17) is 4.74 Å². The van der Waals surface area contributed by atoms with Crippen LogP contribution in [0.3, 0.4) is 0 Å². The van der Waals surface area contributed by atoms with E-state index in [2.05, 4.69) is 30.9 Å². The van der Waals surface area contributed by atoms with E-state index in [0.717, 1.165) is 25.8 Å². The van der Waals surface area contributed by atoms with Crippen molar-refractivity contribution in [3.63, 3.8) is 0 Å². The predicted molar refractivity (Wildman–Crippen MR) is 91.4 cm³/mol. The molecule has 24 heavy (non-hydrogen) atoms. The van der Waals surface area contributed by atoms with Crippen LogP contribution in [0.2, 0.25) is 0 Å². The zero-order valence-corrected chi connectivity index (χ0v) is 14.3. The number of nitrogens with zero attached hydrogens (tertiary/aromatic N) is 1. The Labute approximate surface area is 142 Å². The molecule has 4 nitrogen and oxygen atoms in total. The highest BCUT2D eigenvalue weighted by Gasteiger charge is 2.64. The van der Waals surface area contributed by atoms with Gasteiger partial charge in [-0.2, -0.15) is 0 Å². The molecule has 0 aromatic heterocycles. The van der Waals surface area contributed by atoms with Crippen molar-refractivity contribution < 1.29 is 14.9 Å². The van der Waals surface area contributed by atoms with Crippen molar-refractivity contribution in [2.45, 2.75) is 62.8 Å². The van der Waals surface area contributed by atoms with E-state index >= 15 is 0 Å². The Bertz CT molecular complexity index is 730. The van der Waals surface area contributed by atoms with Gasteiger partial charge in [0.1, 0.15) is 12.2 Å². The Morgan fingerprint density at radius 2 is 2.21 bits per heavy atom. The van der Waals surface area contributed by atoms with E-state index in [1.807, 2.05) is 6.08 Å². The van der Waals surface area contributed by atoms with E-state index in [9.17, 15) is 10.2 Å². The van der Waals surface area contributed by atoms with Crippen molar-refractivity contribution in [3.8, 4) is 11.5 Å². The third kappa shape index (κ3) is 1.56. The maximum Gasteiger partial charge on any atom is 0.165 e. The summed E-state index contributed by atoms with van der Waals surface area (Å²) in [5.41, 5.74) is 2.30. The number of likely N-dealkylation sites (tertiary alicyclic amines) is 1. The fraction of sp³-hybridized carbons (Fsp3) is 0.600. The van der Waals surface area contributed by atoms with Crippen LogP contribution in [0, 0.1) is 5.92 Å². The van der Waals surface area contributed by atoms with E-state index < -0.39 is 6.10 Å². The second kappa shape index (κ2) is 4.77. The van der Waals surface area contributed by atoms with Crippen LogP contribution in [0.25, 0.3) is 0 Å². The molecule has 2 heterocycles. The average Bonchev–Trinajstić information content (AvgIpc) is 2.93. The molecule has 4 aliphatic rings. The van der Waals surface area contributed by atoms with E-state index in [1.54, 1.807) is 6.07 Å². The average molecular weight is 327 g/mol. The molecule has 6 atom stereocenters. The molecule has 1 aromatic carbocycles. The summed E-state index contributed by atoms with van der Waals surface area (Å²) in [6.07, 6.45) is 6.40. The lowest BCUT2D eigenvalue weighted by molar-refractivity contribution is -0.0612. The van der Waals surface area contributed by atoms with Gasteiger partial charge < -0.3 is 14.9 Å². The fourth-order valence-electron chi connectivity index (χ4n) is 5.87. The predicted octanol–water partition coefficient (Wildman–Crippen LogP) is 2.37. The monoisotopic (exact) mass is 327 g/mol. The van der Waals surface area contributed by atoms with Gasteiger partial charge in [-0.05, 0) is 44.4 Å². The van der Waals surface area contributed by atoms with Crippen LogP contribution in [0.5, 0.6) is 11.5 Å². The summed E-state index contributed by atoms with van der Waals surface area (Å²) in [4.78, 5) is 2.66. The van der Waals surface area contributed by atoms with Crippen LogP contribution in [0.4, 0.5) is 0 Å². The van der Waals surface area contributed by atoms with Crippen LogP contribution in [0.15, 0.2) is 24.3 Å². The molecule has 2 bridgehead atoms. The molecule has 4 heteroatoms. The normalized spacial score (nSPS) is 40.1. The van der Waals surface area contributed by atoms with Gasteiger partial charge in [0.25, 0.3) is 0 Å². The summed E-state index contributed by atoms with van der Waals surface area (Å²) in [5, 5.41) is 20.9. The highest BCUT2D eigenvalue weighted by Crippen LogP contribution is 2.62. The van der Waals surface area contributed by atoms with Crippen LogP contribution >= 0.6 is 0 Å². The van der Waals surface area contributed by atoms with Gasteiger partial charge in [-0.3, -0.25) is 4.90 Å². The van der Waals surface area contributed by atoms with Crippen molar-refractivity contribution in [3.05, 3.63) is 35.4 Å². The summed E-state index contributed by atoms with van der Waals surface area (Å²) in [5.74, 6) is 1.19. The summed E-state index contributed by atoms with van der Waals surface area (Å²) >= 11 is 0. The van der Waals surface area contributed by atoms with Crippen LogP contribution in [-0.2, 0) is 11.8 Å². The molecule has 2 aliphatic heterocycles. The lowest BCUT2D eigenvalue weighted by atomic mass is 9.53. The number of phenolic OH excluding ortho intramolecular Hbond substituents is 1. The number of hydrogen-bond donors (Lipinski definition) is 2. The van der Waals surface area contributed by atoms with Gasteiger partial charge in [-0.1, -0.05) is 25.1 Å². The van der Waals surface area contributed by atoms with E-state index in [1.165, 1.54) is 11.1 Å². The molecular formula is C20H25NO3. The van der Waals surface area contributed by atoms with E-state index in [-0.39, 0.29) is 17.3 Å². The molecular weight excluding hydrogens is 302 g/mol. The molecule has 1 spiro atoms. The number of rotatable bonds is 2. The summed E-state index contributed by atoms with van der Waals surface area (Å²) in [6, 6.07) is 4.83. The Balaban J connectivity index is 1.73. The van der Waals surface area contributed by atoms with Crippen LogP contribution in [0.1, 0.15) is 37.8 Å². The second-order valence-electron chi connectivity index (χ2n) is 7.94. The minimum atomic E-state index is -0.602. The summed E-state index contributed by atoms with van der Waals surface area (Å²) < 4.78 is 6.17. The number of aliphatic hydroxyl groups is 1. The highest BCUT2D eigenvalue weighted by molar-refractivity contribution is 5.61. The van der Waals surface area contributed by atoms with Crippen molar-refractivity contribution in [2.24, 2.45) is 5.92 Å². The van der Waals surface area contributed by atoms with Gasteiger partial charge in [0.15, 0.2) is 11.5 Å². The maximum absolute atomic E-state index is 10.6. The zero-order valence-electron chi connectivity index (χ0n) is 14.3.